The number of amides is 1. The van der Waals surface area contributed by atoms with E-state index in [1.165, 1.54) is 12.1 Å². The quantitative estimate of drug-likeness (QED) is 0.166. The lowest BCUT2D eigenvalue weighted by Crippen LogP contribution is -2.56. The number of nitrogens with one attached hydrogen (secondary N) is 2. The maximum Gasteiger partial charge on any atom is 0.350 e. The average Bonchev–Trinajstić information content (AvgIpc) is 3.27. The molecule has 2 aliphatic rings. The predicted molar refractivity (Wildman–Crippen MR) is 180 cm³/mol. The van der Waals surface area contributed by atoms with Crippen LogP contribution in [-0.2, 0) is 19.7 Å². The van der Waals surface area contributed by atoms with E-state index in [0.717, 1.165) is 5.56 Å². The summed E-state index contributed by atoms with van der Waals surface area (Å²) >= 11 is 18.9. The van der Waals surface area contributed by atoms with Crippen molar-refractivity contribution in [3.63, 3.8) is 0 Å². The van der Waals surface area contributed by atoms with Crippen LogP contribution < -0.4 is 15.4 Å². The lowest BCUT2D eigenvalue weighted by Gasteiger charge is -2.48. The van der Waals surface area contributed by atoms with Gasteiger partial charge in [-0.2, -0.15) is 0 Å². The molecule has 238 valence electrons. The van der Waals surface area contributed by atoms with Gasteiger partial charge in [0.15, 0.2) is 0 Å². The van der Waals surface area contributed by atoms with Gasteiger partial charge in [0.05, 0.1) is 17.6 Å². The van der Waals surface area contributed by atoms with E-state index in [1.54, 1.807) is 43.3 Å². The number of hydrogen-bond donors (Lipinski definition) is 2. The largest absolute Gasteiger partial charge is 0.475 e. The van der Waals surface area contributed by atoms with Crippen LogP contribution in [-0.4, -0.2) is 29.1 Å². The molecule has 0 radical (unpaired) electrons. The van der Waals surface area contributed by atoms with Gasteiger partial charge in [0.2, 0.25) is 11.5 Å². The molecule has 1 amide bonds. The third kappa shape index (κ3) is 5.93. The van der Waals surface area contributed by atoms with Crippen LogP contribution in [0.4, 0.5) is 10.1 Å². The topological polar surface area (TPSA) is 76.7 Å². The predicted octanol–water partition coefficient (Wildman–Crippen LogP) is 8.76. The molecule has 3 aromatic rings. The number of benzene rings is 3. The summed E-state index contributed by atoms with van der Waals surface area (Å²) in [6, 6.07) is 14.3. The zero-order valence-electron chi connectivity index (χ0n) is 25.8. The number of halogens is 3. The molecule has 2 N–H and O–H groups in total. The van der Waals surface area contributed by atoms with Gasteiger partial charge < -0.3 is 20.1 Å². The zero-order chi connectivity index (χ0) is 32.5. The minimum atomic E-state index is -1.33. The van der Waals surface area contributed by atoms with E-state index in [9.17, 15) is 14.0 Å². The first-order valence-electron chi connectivity index (χ1n) is 15.3. The van der Waals surface area contributed by atoms with Gasteiger partial charge >= 0.3 is 5.97 Å². The minimum Gasteiger partial charge on any atom is -0.475 e. The van der Waals surface area contributed by atoms with Gasteiger partial charge in [-0.15, -0.1) is 0 Å². The smallest absolute Gasteiger partial charge is 0.350 e. The summed E-state index contributed by atoms with van der Waals surface area (Å²) in [5.41, 5.74) is 0.688. The lowest BCUT2D eigenvalue weighted by atomic mass is 9.59. The molecule has 1 spiro atoms. The molecule has 6 nitrogen and oxygen atoms in total. The van der Waals surface area contributed by atoms with E-state index in [4.69, 9.17) is 44.9 Å². The molecule has 5 rings (SSSR count). The molecule has 2 aliphatic heterocycles. The molecule has 0 aromatic heterocycles. The van der Waals surface area contributed by atoms with Crippen LogP contribution in [0, 0.1) is 12.7 Å². The van der Waals surface area contributed by atoms with Gasteiger partial charge in [-0.1, -0.05) is 74.2 Å². The minimum absolute atomic E-state index is 0.213. The number of rotatable bonds is 10. The van der Waals surface area contributed by atoms with Crippen molar-refractivity contribution in [2.45, 2.75) is 82.8 Å². The molecule has 1 fully saturated rings. The Balaban J connectivity index is 1.79. The molecule has 3 aromatic carbocycles. The number of piperidine rings is 1. The Kier molecular flexibility index (Phi) is 9.78. The van der Waals surface area contributed by atoms with E-state index >= 15 is 0 Å². The van der Waals surface area contributed by atoms with Gasteiger partial charge in [-0.3, -0.25) is 4.79 Å². The summed E-state index contributed by atoms with van der Waals surface area (Å²) in [7, 11) is 0. The molecular formula is C35H37Cl2FN2O4S. The Hall–Kier alpha value is -3.20. The number of ether oxygens (including phenoxy) is 2. The van der Waals surface area contributed by atoms with Crippen molar-refractivity contribution in [1.29, 1.82) is 0 Å². The van der Waals surface area contributed by atoms with Crippen molar-refractivity contribution in [2.24, 2.45) is 0 Å². The second kappa shape index (κ2) is 13.3. The summed E-state index contributed by atoms with van der Waals surface area (Å²) in [6.07, 6.45) is 2.50. The standard InChI is InChI=1S/C35H37Cl2FN2O4S/c1-5-14-34(15-6-2,33(42)43-7-3)44-29-13-10-21(36)16-25(29)27-19-30(45)40-31(24-18-23(38)11-8-20(24)4)35(27)26-12-9-22(37)17-28(26)39-32(35)41/h8-13,16-18,27,31H,5-7,14-15,19H2,1-4H3,(H,39,41)(H,40,45). The van der Waals surface area contributed by atoms with Crippen molar-refractivity contribution < 1.29 is 23.5 Å². The Morgan fingerprint density at radius 1 is 1.02 bits per heavy atom. The van der Waals surface area contributed by atoms with Crippen molar-refractivity contribution >= 4 is 58.0 Å². The summed E-state index contributed by atoms with van der Waals surface area (Å²) in [5.74, 6) is -1.37. The average molecular weight is 672 g/mol. The fourth-order valence-corrected chi connectivity index (χ4v) is 7.72. The van der Waals surface area contributed by atoms with Crippen LogP contribution in [0.3, 0.4) is 0 Å². The highest BCUT2D eigenvalue weighted by Crippen LogP contribution is 2.59. The first kappa shape index (κ1) is 33.2. The molecule has 10 heteroatoms. The second-order valence-corrected chi connectivity index (χ2v) is 13.1. The monoisotopic (exact) mass is 670 g/mol. The summed E-state index contributed by atoms with van der Waals surface area (Å²) in [4.78, 5) is 28.6. The van der Waals surface area contributed by atoms with E-state index in [1.807, 2.05) is 26.8 Å². The summed E-state index contributed by atoms with van der Waals surface area (Å²) < 4.78 is 27.2. The summed E-state index contributed by atoms with van der Waals surface area (Å²) in [5, 5.41) is 7.35. The summed E-state index contributed by atoms with van der Waals surface area (Å²) in [6.45, 7) is 7.85. The fourth-order valence-electron chi connectivity index (χ4n) is 7.08. The van der Waals surface area contributed by atoms with Crippen LogP contribution in [0.25, 0.3) is 0 Å². The molecule has 3 unspecified atom stereocenters. The van der Waals surface area contributed by atoms with Crippen molar-refractivity contribution in [3.05, 3.63) is 92.7 Å². The fraction of sp³-hybridized carbons (Fsp3) is 0.400. The molecule has 2 heterocycles. The highest BCUT2D eigenvalue weighted by molar-refractivity contribution is 7.80. The van der Waals surface area contributed by atoms with Crippen molar-refractivity contribution in [2.75, 3.05) is 11.9 Å². The lowest BCUT2D eigenvalue weighted by molar-refractivity contribution is -0.163. The van der Waals surface area contributed by atoms with Crippen LogP contribution in [0.5, 0.6) is 5.75 Å². The number of thiocarbonyl (C=S) groups is 1. The van der Waals surface area contributed by atoms with E-state index in [0.29, 0.717) is 68.8 Å². The SMILES string of the molecule is CCCC(CCC)(Oc1ccc(Cl)cc1C1CC(=S)NC(c2cc(F)ccc2C)C12C(=O)Nc1cc(Cl)ccc12)C(=O)OCC. The second-order valence-electron chi connectivity index (χ2n) is 11.8. The van der Waals surface area contributed by atoms with Crippen molar-refractivity contribution in [3.8, 4) is 5.75 Å². The molecule has 0 bridgehead atoms. The number of esters is 1. The molecule has 45 heavy (non-hydrogen) atoms. The molecule has 1 saturated heterocycles. The number of aryl methyl sites for hydroxylation is 1. The Morgan fingerprint density at radius 2 is 1.71 bits per heavy atom. The van der Waals surface area contributed by atoms with Crippen LogP contribution in [0.15, 0.2) is 54.6 Å². The maximum atomic E-state index is 14.9. The number of hydrogen-bond acceptors (Lipinski definition) is 5. The molecular weight excluding hydrogens is 634 g/mol. The molecule has 0 aliphatic carbocycles. The first-order valence-corrected chi connectivity index (χ1v) is 16.5. The number of fused-ring (bicyclic) bond motifs is 2. The highest BCUT2D eigenvalue weighted by atomic mass is 35.5. The molecule has 3 atom stereocenters. The van der Waals surface area contributed by atoms with E-state index in [2.05, 4.69) is 10.6 Å². The normalized spacial score (nSPS) is 20.9. The third-order valence-electron chi connectivity index (χ3n) is 8.91. The number of carbonyl (C=O) groups excluding carboxylic acids is 2. The maximum absolute atomic E-state index is 14.9. The highest BCUT2D eigenvalue weighted by Gasteiger charge is 2.61. The van der Waals surface area contributed by atoms with E-state index < -0.39 is 34.8 Å². The van der Waals surface area contributed by atoms with E-state index in [-0.39, 0.29) is 18.9 Å². The van der Waals surface area contributed by atoms with Crippen LogP contribution >= 0.6 is 35.4 Å². The first-order chi connectivity index (χ1) is 21.5. The van der Waals surface area contributed by atoms with Crippen LogP contribution in [0.1, 0.15) is 87.1 Å². The van der Waals surface area contributed by atoms with Gasteiger partial charge in [0.25, 0.3) is 0 Å². The Labute approximate surface area is 279 Å². The number of carbonyl (C=O) groups is 2. The van der Waals surface area contributed by atoms with Gasteiger partial charge in [-0.05, 0) is 85.8 Å². The van der Waals surface area contributed by atoms with Gasteiger partial charge in [-0.25, -0.2) is 9.18 Å². The Bertz CT molecular complexity index is 1640. The molecule has 0 saturated carbocycles. The Morgan fingerprint density at radius 3 is 2.40 bits per heavy atom. The zero-order valence-corrected chi connectivity index (χ0v) is 28.1. The van der Waals surface area contributed by atoms with Gasteiger partial charge in [0, 0.05) is 33.6 Å². The van der Waals surface area contributed by atoms with Gasteiger partial charge in [0.1, 0.15) is 17.0 Å². The van der Waals surface area contributed by atoms with Crippen molar-refractivity contribution in [1.82, 2.24) is 5.32 Å². The third-order valence-corrected chi connectivity index (χ3v) is 9.67. The van der Waals surface area contributed by atoms with Crippen LogP contribution in [0.2, 0.25) is 10.0 Å². The number of anilines is 1.